The Labute approximate surface area is 254 Å². The second kappa shape index (κ2) is 13.8. The number of carbonyl (C=O) groups is 2. The molecule has 0 radical (unpaired) electrons. The number of carboxylic acids is 1. The number of carbonyl (C=O) groups excluding carboxylic acids is 1. The molecule has 2 aromatic carbocycles. The van der Waals surface area contributed by atoms with Crippen LogP contribution >= 0.6 is 0 Å². The summed E-state index contributed by atoms with van der Waals surface area (Å²) in [5, 5.41) is 15.2. The second-order valence-electron chi connectivity index (χ2n) is 10.9. The van der Waals surface area contributed by atoms with E-state index in [2.05, 4.69) is 25.5 Å². The number of piperidine rings is 1. The van der Waals surface area contributed by atoms with E-state index in [1.807, 2.05) is 13.0 Å². The largest absolute Gasteiger partial charge is 0.494 e. The third-order valence-corrected chi connectivity index (χ3v) is 8.15. The Kier molecular flexibility index (Phi) is 9.69. The highest BCUT2D eigenvalue weighted by molar-refractivity contribution is 5.96. The molecule has 0 spiro atoms. The smallest absolute Gasteiger partial charge is 0.304 e. The lowest BCUT2D eigenvalue weighted by molar-refractivity contribution is -0.137. The van der Waals surface area contributed by atoms with Crippen LogP contribution in [0.4, 0.5) is 20.3 Å². The van der Waals surface area contributed by atoms with E-state index in [4.69, 9.17) is 9.84 Å². The van der Waals surface area contributed by atoms with Crippen molar-refractivity contribution in [2.75, 3.05) is 38.6 Å². The van der Waals surface area contributed by atoms with Gasteiger partial charge in [0.2, 0.25) is 5.82 Å². The number of nitrogens with zero attached hydrogens (tertiary/aromatic N) is 4. The zero-order valence-corrected chi connectivity index (χ0v) is 24.8. The summed E-state index contributed by atoms with van der Waals surface area (Å²) >= 11 is 0. The monoisotopic (exact) mass is 606 g/mol. The van der Waals surface area contributed by atoms with Gasteiger partial charge in [0.1, 0.15) is 0 Å². The fourth-order valence-corrected chi connectivity index (χ4v) is 5.65. The number of aryl methyl sites for hydroxylation is 1. The summed E-state index contributed by atoms with van der Waals surface area (Å²) in [6, 6.07) is 8.29. The Hall–Kier alpha value is -4.58. The third-order valence-electron chi connectivity index (χ3n) is 8.15. The number of halogens is 2. The number of benzene rings is 2. The van der Waals surface area contributed by atoms with E-state index in [0.29, 0.717) is 53.8 Å². The predicted molar refractivity (Wildman–Crippen MR) is 162 cm³/mol. The quantitative estimate of drug-likeness (QED) is 0.199. The fraction of sp³-hybridized carbons (Fsp3) is 0.375. The molecule has 10 nitrogen and oxygen atoms in total. The molecule has 0 saturated carbocycles. The first-order valence-corrected chi connectivity index (χ1v) is 14.8. The maximum absolute atomic E-state index is 14.8. The zero-order chi connectivity index (χ0) is 31.2. The van der Waals surface area contributed by atoms with E-state index in [-0.39, 0.29) is 23.6 Å². The molecule has 0 aliphatic carbocycles. The maximum Gasteiger partial charge on any atom is 0.304 e. The van der Waals surface area contributed by atoms with Gasteiger partial charge >= 0.3 is 5.97 Å². The highest BCUT2D eigenvalue weighted by atomic mass is 19.2. The van der Waals surface area contributed by atoms with Crippen LogP contribution in [0.25, 0.3) is 16.9 Å². The van der Waals surface area contributed by atoms with E-state index in [1.165, 1.54) is 25.4 Å². The standard InChI is InChI=1S/C32H36F2N6O4/c1-3-21-18-22(4-5-23(21)32(43)36-12-8-20-9-14-39(15-10-20)16-11-27(41)42)38-30-31-37-19-25(40(31)17-13-35-30)24-6-7-26(44-2)29(34)28(24)33/h4-7,13,17-20H,3,8-12,14-16H2,1-2H3,(H,35,38)(H,36,43)(H,41,42). The number of hydrogen-bond acceptors (Lipinski definition) is 7. The zero-order valence-electron chi connectivity index (χ0n) is 24.8. The van der Waals surface area contributed by atoms with Crippen LogP contribution in [0.15, 0.2) is 48.9 Å². The fourth-order valence-electron chi connectivity index (χ4n) is 5.65. The van der Waals surface area contributed by atoms with Gasteiger partial charge in [0, 0.05) is 42.3 Å². The number of aromatic nitrogens is 3. The number of anilines is 2. The van der Waals surface area contributed by atoms with Gasteiger partial charge in [-0.15, -0.1) is 0 Å². The number of rotatable bonds is 12. The summed E-state index contributed by atoms with van der Waals surface area (Å²) in [7, 11) is 1.28. The van der Waals surface area contributed by atoms with E-state index < -0.39 is 17.6 Å². The number of fused-ring (bicyclic) bond motifs is 1. The van der Waals surface area contributed by atoms with Crippen LogP contribution in [0.5, 0.6) is 5.75 Å². The van der Waals surface area contributed by atoms with Gasteiger partial charge in [0.25, 0.3) is 5.91 Å². The average molecular weight is 607 g/mol. The van der Waals surface area contributed by atoms with Crippen molar-refractivity contribution in [1.82, 2.24) is 24.6 Å². The predicted octanol–water partition coefficient (Wildman–Crippen LogP) is 5.30. The maximum atomic E-state index is 14.8. The summed E-state index contributed by atoms with van der Waals surface area (Å²) in [6.07, 6.45) is 8.31. The molecule has 0 atom stereocenters. The van der Waals surface area contributed by atoms with E-state index in [9.17, 15) is 18.4 Å². The average Bonchev–Trinajstić information content (AvgIpc) is 3.46. The van der Waals surface area contributed by atoms with Crippen molar-refractivity contribution in [2.24, 2.45) is 5.92 Å². The van der Waals surface area contributed by atoms with Crippen LogP contribution in [0.1, 0.15) is 48.5 Å². The van der Waals surface area contributed by atoms with E-state index in [0.717, 1.165) is 37.9 Å². The number of aliphatic carboxylic acids is 1. The highest BCUT2D eigenvalue weighted by Gasteiger charge is 2.21. The van der Waals surface area contributed by atoms with Gasteiger partial charge in [-0.2, -0.15) is 4.39 Å². The van der Waals surface area contributed by atoms with Crippen LogP contribution in [0.3, 0.4) is 0 Å². The minimum absolute atomic E-state index is 0.0396. The summed E-state index contributed by atoms with van der Waals surface area (Å²) < 4.78 is 35.7. The van der Waals surface area contributed by atoms with Crippen LogP contribution in [0.2, 0.25) is 0 Å². The molecule has 1 saturated heterocycles. The number of ether oxygens (including phenoxy) is 1. The molecule has 3 heterocycles. The first-order valence-electron chi connectivity index (χ1n) is 14.8. The molecular formula is C32H36F2N6O4. The summed E-state index contributed by atoms with van der Waals surface area (Å²) in [4.78, 5) is 34.9. The SMILES string of the molecule is CCc1cc(Nc2nccn3c(-c4ccc(OC)c(F)c4F)cnc23)ccc1C(=O)NCCC1CCN(CCC(=O)O)CC1. The van der Waals surface area contributed by atoms with Gasteiger partial charge in [-0.3, -0.25) is 14.0 Å². The van der Waals surface area contributed by atoms with E-state index >= 15 is 0 Å². The summed E-state index contributed by atoms with van der Waals surface area (Å²) in [6.45, 7) is 4.92. The highest BCUT2D eigenvalue weighted by Crippen LogP contribution is 2.32. The van der Waals surface area contributed by atoms with Crippen LogP contribution in [-0.4, -0.2) is 69.5 Å². The molecule has 5 rings (SSSR count). The molecule has 4 aromatic rings. The van der Waals surface area contributed by atoms with Crippen molar-refractivity contribution in [2.45, 2.75) is 39.0 Å². The van der Waals surface area contributed by atoms with Crippen molar-refractivity contribution >= 4 is 29.0 Å². The molecule has 0 unspecified atom stereocenters. The first kappa shape index (κ1) is 30.9. The molecule has 232 valence electrons. The lowest BCUT2D eigenvalue weighted by Crippen LogP contribution is -2.36. The van der Waals surface area contributed by atoms with Gasteiger partial charge in [0.05, 0.1) is 25.4 Å². The molecule has 0 bridgehead atoms. The Morgan fingerprint density at radius 3 is 2.64 bits per heavy atom. The van der Waals surface area contributed by atoms with Gasteiger partial charge in [-0.25, -0.2) is 14.4 Å². The first-order chi connectivity index (χ1) is 21.3. The minimum Gasteiger partial charge on any atom is -0.494 e. The van der Waals surface area contributed by atoms with Crippen LogP contribution in [0, 0.1) is 17.6 Å². The number of nitrogens with one attached hydrogen (secondary N) is 2. The molecule has 1 amide bonds. The molecule has 1 aliphatic rings. The molecule has 44 heavy (non-hydrogen) atoms. The lowest BCUT2D eigenvalue weighted by atomic mass is 9.93. The van der Waals surface area contributed by atoms with Gasteiger partial charge in [0.15, 0.2) is 23.0 Å². The Morgan fingerprint density at radius 2 is 1.91 bits per heavy atom. The number of imidazole rings is 1. The van der Waals surface area contributed by atoms with E-state index in [1.54, 1.807) is 28.9 Å². The Bertz CT molecular complexity index is 1650. The van der Waals surface area contributed by atoms with Crippen molar-refractivity contribution in [1.29, 1.82) is 0 Å². The van der Waals surface area contributed by atoms with Crippen molar-refractivity contribution in [3.8, 4) is 17.0 Å². The Balaban J connectivity index is 1.23. The normalized spacial score (nSPS) is 14.1. The molecule has 1 fully saturated rings. The lowest BCUT2D eigenvalue weighted by Gasteiger charge is -2.31. The van der Waals surface area contributed by atoms with Gasteiger partial charge in [-0.05, 0) is 80.6 Å². The molecule has 2 aromatic heterocycles. The van der Waals surface area contributed by atoms with Crippen LogP contribution < -0.4 is 15.4 Å². The molecule has 12 heteroatoms. The number of carboxylic acid groups (broad SMARTS) is 1. The topological polar surface area (TPSA) is 121 Å². The number of methoxy groups -OCH3 is 1. The number of hydrogen-bond donors (Lipinski definition) is 3. The van der Waals surface area contributed by atoms with Crippen molar-refractivity contribution in [3.05, 3.63) is 71.7 Å². The Morgan fingerprint density at radius 1 is 1.11 bits per heavy atom. The molecule has 3 N–H and O–H groups in total. The molecular weight excluding hydrogens is 570 g/mol. The summed E-state index contributed by atoms with van der Waals surface area (Å²) in [5.41, 5.74) is 3.00. The second-order valence-corrected chi connectivity index (χ2v) is 10.9. The van der Waals surface area contributed by atoms with Crippen molar-refractivity contribution in [3.63, 3.8) is 0 Å². The van der Waals surface area contributed by atoms with Gasteiger partial charge < -0.3 is 25.4 Å². The van der Waals surface area contributed by atoms with Crippen LogP contribution in [-0.2, 0) is 11.2 Å². The van der Waals surface area contributed by atoms with Crippen molar-refractivity contribution < 1.29 is 28.2 Å². The minimum atomic E-state index is -1.07. The van der Waals surface area contributed by atoms with Gasteiger partial charge in [-0.1, -0.05) is 6.92 Å². The molecule has 1 aliphatic heterocycles. The number of likely N-dealkylation sites (tertiary alicyclic amines) is 1. The number of amides is 1. The third kappa shape index (κ3) is 6.80. The summed E-state index contributed by atoms with van der Waals surface area (Å²) in [5.74, 6) is -2.25.